The lowest BCUT2D eigenvalue weighted by molar-refractivity contribution is -0.0693. The van der Waals surface area contributed by atoms with Gasteiger partial charge in [0.05, 0.1) is 5.52 Å². The maximum atomic E-state index is 12.5. The zero-order chi connectivity index (χ0) is 22.5. The van der Waals surface area contributed by atoms with Crippen LogP contribution in [0.2, 0.25) is 10.0 Å². The largest absolute Gasteiger partial charge is 0.445 e. The topological polar surface area (TPSA) is 105 Å². The number of carbonyl (C=O) groups excluding carboxylic acids is 2. The first-order chi connectivity index (χ1) is 15.3. The van der Waals surface area contributed by atoms with Gasteiger partial charge in [-0.15, -0.1) is 0 Å². The van der Waals surface area contributed by atoms with Crippen LogP contribution in [0.5, 0.6) is 0 Å². The summed E-state index contributed by atoms with van der Waals surface area (Å²) in [6, 6.07) is 9.91. The molecule has 2 N–H and O–H groups in total. The number of halogens is 2. The van der Waals surface area contributed by atoms with E-state index in [1.165, 1.54) is 0 Å². The SMILES string of the molecule is O=C(NC1CC2(C1)CN(C(=O)OCc1cc(Cl)cc(Cl)c1)C2)c1ccc2[nH]c(=O)oc2c1. The van der Waals surface area contributed by atoms with Crippen molar-refractivity contribution in [3.63, 3.8) is 0 Å². The first kappa shape index (κ1) is 20.9. The standard InChI is InChI=1S/C22H19Cl2N3O5/c23-14-3-12(4-15(24)6-14)9-31-21(30)27-10-22(11-27)7-16(8-22)25-19(28)13-1-2-17-18(5-13)32-20(29)26-17/h1-6,16H,7-11H2,(H,25,28)(H,26,29). The van der Waals surface area contributed by atoms with Gasteiger partial charge in [-0.05, 0) is 54.8 Å². The number of amides is 2. The van der Waals surface area contributed by atoms with Gasteiger partial charge in [-0.25, -0.2) is 9.59 Å². The Morgan fingerprint density at radius 2 is 1.88 bits per heavy atom. The summed E-state index contributed by atoms with van der Waals surface area (Å²) in [6.07, 6.45) is 1.22. The van der Waals surface area contributed by atoms with Crippen molar-refractivity contribution in [3.8, 4) is 0 Å². The number of hydrogen-bond donors (Lipinski definition) is 2. The number of ether oxygens (including phenoxy) is 1. The fraction of sp³-hybridized carbons (Fsp3) is 0.318. The molecule has 2 fully saturated rings. The van der Waals surface area contributed by atoms with Crippen LogP contribution in [0.25, 0.3) is 11.1 Å². The van der Waals surface area contributed by atoms with Crippen molar-refractivity contribution in [2.24, 2.45) is 5.41 Å². The summed E-state index contributed by atoms with van der Waals surface area (Å²) >= 11 is 11.9. The second kappa shape index (κ2) is 7.86. The molecule has 2 amide bonds. The lowest BCUT2D eigenvalue weighted by atomic mass is 9.61. The molecule has 2 heterocycles. The number of H-pyrrole nitrogens is 1. The molecule has 2 aromatic carbocycles. The number of likely N-dealkylation sites (tertiary alicyclic amines) is 1. The van der Waals surface area contributed by atoms with Gasteiger partial charge >= 0.3 is 11.8 Å². The molecular formula is C22H19Cl2N3O5. The van der Waals surface area contributed by atoms with Gasteiger partial charge < -0.3 is 19.4 Å². The summed E-state index contributed by atoms with van der Waals surface area (Å²) in [7, 11) is 0. The molecule has 1 aliphatic heterocycles. The van der Waals surface area contributed by atoms with Gasteiger partial charge in [0.25, 0.3) is 5.91 Å². The highest BCUT2D eigenvalue weighted by Gasteiger charge is 2.54. The first-order valence-corrected chi connectivity index (χ1v) is 10.8. The number of nitrogens with zero attached hydrogens (tertiary/aromatic N) is 1. The zero-order valence-corrected chi connectivity index (χ0v) is 18.3. The maximum absolute atomic E-state index is 12.5. The molecule has 0 atom stereocenters. The number of fused-ring (bicyclic) bond motifs is 1. The molecule has 8 nitrogen and oxygen atoms in total. The Kier molecular flexibility index (Phi) is 5.14. The molecule has 0 bridgehead atoms. The molecule has 5 rings (SSSR count). The van der Waals surface area contributed by atoms with E-state index in [4.69, 9.17) is 32.4 Å². The van der Waals surface area contributed by atoms with Crippen molar-refractivity contribution in [1.82, 2.24) is 15.2 Å². The summed E-state index contributed by atoms with van der Waals surface area (Å²) in [6.45, 7) is 1.32. The third-order valence-electron chi connectivity index (χ3n) is 5.97. The van der Waals surface area contributed by atoms with E-state index in [0.29, 0.717) is 39.8 Å². The van der Waals surface area contributed by atoms with Crippen LogP contribution >= 0.6 is 23.2 Å². The second-order valence-electron chi connectivity index (χ2n) is 8.49. The minimum atomic E-state index is -0.553. The van der Waals surface area contributed by atoms with Crippen LogP contribution in [0, 0.1) is 5.41 Å². The summed E-state index contributed by atoms with van der Waals surface area (Å²) in [5, 5.41) is 3.98. The molecule has 1 saturated heterocycles. The van der Waals surface area contributed by atoms with Crippen LogP contribution in [-0.4, -0.2) is 41.0 Å². The smallest absolute Gasteiger partial charge is 0.417 e. The van der Waals surface area contributed by atoms with Gasteiger partial charge in [-0.2, -0.15) is 0 Å². The number of benzene rings is 2. The number of oxazole rings is 1. The third kappa shape index (κ3) is 4.08. The first-order valence-electron chi connectivity index (χ1n) is 10.1. The van der Waals surface area contributed by atoms with Crippen molar-refractivity contribution >= 4 is 46.3 Å². The summed E-state index contributed by atoms with van der Waals surface area (Å²) < 4.78 is 10.4. The maximum Gasteiger partial charge on any atom is 0.417 e. The van der Waals surface area contributed by atoms with E-state index in [1.54, 1.807) is 41.3 Å². The number of nitrogens with one attached hydrogen (secondary N) is 2. The summed E-state index contributed by atoms with van der Waals surface area (Å²) in [5.74, 6) is -0.769. The fourth-order valence-electron chi connectivity index (χ4n) is 4.52. The van der Waals surface area contributed by atoms with Crippen molar-refractivity contribution in [3.05, 3.63) is 68.1 Å². The van der Waals surface area contributed by atoms with E-state index in [1.807, 2.05) is 0 Å². The Balaban J connectivity index is 1.08. The normalized spacial score (nSPS) is 17.1. The number of rotatable bonds is 4. The van der Waals surface area contributed by atoms with Gasteiger partial charge in [0, 0.05) is 40.2 Å². The van der Waals surface area contributed by atoms with E-state index in [2.05, 4.69) is 10.3 Å². The molecule has 1 aliphatic carbocycles. The Morgan fingerprint density at radius 3 is 2.59 bits per heavy atom. The highest BCUT2D eigenvalue weighted by Crippen LogP contribution is 2.48. The fourth-order valence-corrected chi connectivity index (χ4v) is 5.10. The number of carbonyl (C=O) groups is 2. The van der Waals surface area contributed by atoms with Gasteiger partial charge in [-0.1, -0.05) is 23.2 Å². The van der Waals surface area contributed by atoms with Gasteiger partial charge in [0.1, 0.15) is 6.61 Å². The molecule has 0 unspecified atom stereocenters. The minimum absolute atomic E-state index is 0.0354. The summed E-state index contributed by atoms with van der Waals surface area (Å²) in [5.41, 5.74) is 2.10. The van der Waals surface area contributed by atoms with E-state index in [9.17, 15) is 14.4 Å². The van der Waals surface area contributed by atoms with E-state index >= 15 is 0 Å². The Hall–Kier alpha value is -2.97. The highest BCUT2D eigenvalue weighted by molar-refractivity contribution is 6.34. The molecule has 1 saturated carbocycles. The van der Waals surface area contributed by atoms with Gasteiger partial charge in [-0.3, -0.25) is 9.78 Å². The molecular weight excluding hydrogens is 457 g/mol. The quantitative estimate of drug-likeness (QED) is 0.593. The monoisotopic (exact) mass is 475 g/mol. The van der Waals surface area contributed by atoms with Crippen LogP contribution in [0.3, 0.4) is 0 Å². The van der Waals surface area contributed by atoms with E-state index in [-0.39, 0.29) is 30.1 Å². The lowest BCUT2D eigenvalue weighted by Crippen LogP contribution is -2.67. The van der Waals surface area contributed by atoms with Crippen LogP contribution in [-0.2, 0) is 11.3 Å². The highest BCUT2D eigenvalue weighted by atomic mass is 35.5. The van der Waals surface area contributed by atoms with Crippen LogP contribution in [0.1, 0.15) is 28.8 Å². The van der Waals surface area contributed by atoms with Gasteiger partial charge in [0.15, 0.2) is 5.58 Å². The third-order valence-corrected chi connectivity index (χ3v) is 6.41. The zero-order valence-electron chi connectivity index (χ0n) is 16.8. The predicted molar refractivity (Wildman–Crippen MR) is 118 cm³/mol. The Bertz CT molecular complexity index is 1250. The molecule has 1 aromatic heterocycles. The van der Waals surface area contributed by atoms with Crippen molar-refractivity contribution < 1.29 is 18.7 Å². The lowest BCUT2D eigenvalue weighted by Gasteiger charge is -2.58. The Morgan fingerprint density at radius 1 is 1.16 bits per heavy atom. The molecule has 2 aliphatic rings. The van der Waals surface area contributed by atoms with Gasteiger partial charge in [0.2, 0.25) is 0 Å². The molecule has 10 heteroatoms. The van der Waals surface area contributed by atoms with Crippen LogP contribution in [0.15, 0.2) is 45.6 Å². The van der Waals surface area contributed by atoms with E-state index < -0.39 is 5.76 Å². The number of aromatic nitrogens is 1. The summed E-state index contributed by atoms with van der Waals surface area (Å²) in [4.78, 5) is 40.3. The average molecular weight is 476 g/mol. The second-order valence-corrected chi connectivity index (χ2v) is 9.37. The van der Waals surface area contributed by atoms with Crippen LogP contribution in [0.4, 0.5) is 4.79 Å². The van der Waals surface area contributed by atoms with E-state index in [0.717, 1.165) is 18.4 Å². The Labute approximate surface area is 192 Å². The average Bonchev–Trinajstić information content (AvgIpc) is 3.05. The minimum Gasteiger partial charge on any atom is -0.445 e. The molecule has 0 radical (unpaired) electrons. The van der Waals surface area contributed by atoms with Crippen LogP contribution < -0.4 is 11.1 Å². The predicted octanol–water partition coefficient (Wildman–Crippen LogP) is 3.96. The van der Waals surface area contributed by atoms with Crippen molar-refractivity contribution in [2.45, 2.75) is 25.5 Å². The number of hydrogen-bond acceptors (Lipinski definition) is 5. The number of aromatic amines is 1. The molecule has 1 spiro atoms. The van der Waals surface area contributed by atoms with Crippen molar-refractivity contribution in [2.75, 3.05) is 13.1 Å². The molecule has 166 valence electrons. The molecule has 3 aromatic rings. The molecule has 32 heavy (non-hydrogen) atoms. The van der Waals surface area contributed by atoms with Crippen molar-refractivity contribution in [1.29, 1.82) is 0 Å².